The molecule has 0 aliphatic carbocycles. The summed E-state index contributed by atoms with van der Waals surface area (Å²) in [6, 6.07) is 9.46. The van der Waals surface area contributed by atoms with Crippen LogP contribution in [0.1, 0.15) is 10.4 Å². The van der Waals surface area contributed by atoms with Crippen LogP contribution >= 0.6 is 0 Å². The molecule has 132 valence electrons. The van der Waals surface area contributed by atoms with Gasteiger partial charge in [0.15, 0.2) is 0 Å². The molecule has 0 saturated carbocycles. The predicted molar refractivity (Wildman–Crippen MR) is 94.5 cm³/mol. The number of hydrogen-bond donors (Lipinski definition) is 3. The van der Waals surface area contributed by atoms with E-state index < -0.39 is 11.7 Å². The fourth-order valence-corrected chi connectivity index (χ4v) is 2.83. The van der Waals surface area contributed by atoms with Crippen molar-refractivity contribution in [1.29, 1.82) is 0 Å². The Hall–Kier alpha value is -3.26. The van der Waals surface area contributed by atoms with E-state index in [4.69, 9.17) is 5.73 Å². The van der Waals surface area contributed by atoms with Crippen LogP contribution in [0.2, 0.25) is 0 Å². The number of hydrogen-bond acceptors (Lipinski definition) is 4. The van der Waals surface area contributed by atoms with Crippen molar-refractivity contribution in [2.75, 3.05) is 18.4 Å². The number of benzene rings is 2. The first-order valence-corrected chi connectivity index (χ1v) is 8.12. The summed E-state index contributed by atoms with van der Waals surface area (Å²) >= 11 is 0. The van der Waals surface area contributed by atoms with Crippen molar-refractivity contribution >= 4 is 28.4 Å². The molecule has 1 fully saturated rings. The van der Waals surface area contributed by atoms with Gasteiger partial charge < -0.3 is 16.4 Å². The van der Waals surface area contributed by atoms with Crippen LogP contribution in [-0.4, -0.2) is 34.7 Å². The molecule has 7 nitrogen and oxygen atoms in total. The van der Waals surface area contributed by atoms with Gasteiger partial charge in [0.25, 0.3) is 5.91 Å². The highest BCUT2D eigenvalue weighted by atomic mass is 19.1. The molecule has 2 aromatic carbocycles. The number of anilines is 1. The van der Waals surface area contributed by atoms with E-state index in [0.29, 0.717) is 35.4 Å². The lowest BCUT2D eigenvalue weighted by Gasteiger charge is -2.25. The van der Waals surface area contributed by atoms with E-state index in [1.807, 2.05) is 0 Å². The minimum atomic E-state index is -0.733. The van der Waals surface area contributed by atoms with Crippen molar-refractivity contribution in [3.05, 3.63) is 54.0 Å². The van der Waals surface area contributed by atoms with E-state index in [9.17, 15) is 14.0 Å². The molecule has 3 aromatic rings. The first-order chi connectivity index (χ1) is 12.5. The van der Waals surface area contributed by atoms with Crippen LogP contribution in [0.5, 0.6) is 0 Å². The Kier molecular flexibility index (Phi) is 3.89. The van der Waals surface area contributed by atoms with Crippen molar-refractivity contribution in [3.8, 4) is 5.69 Å². The number of aromatic nitrogens is 2. The van der Waals surface area contributed by atoms with Gasteiger partial charge in [0.1, 0.15) is 11.3 Å². The lowest BCUT2D eigenvalue weighted by Crippen LogP contribution is -2.48. The van der Waals surface area contributed by atoms with Gasteiger partial charge in [0.2, 0.25) is 5.91 Å². The van der Waals surface area contributed by atoms with Crippen molar-refractivity contribution in [2.24, 2.45) is 11.7 Å². The summed E-state index contributed by atoms with van der Waals surface area (Å²) in [6.45, 7) is 1.39. The molecule has 26 heavy (non-hydrogen) atoms. The van der Waals surface area contributed by atoms with E-state index in [1.165, 1.54) is 10.7 Å². The zero-order valence-electron chi connectivity index (χ0n) is 13.7. The van der Waals surface area contributed by atoms with Gasteiger partial charge in [-0.1, -0.05) is 0 Å². The van der Waals surface area contributed by atoms with Crippen LogP contribution < -0.4 is 16.4 Å². The molecule has 8 heteroatoms. The molecule has 1 saturated heterocycles. The van der Waals surface area contributed by atoms with Crippen LogP contribution in [0.4, 0.5) is 10.1 Å². The highest BCUT2D eigenvalue weighted by Gasteiger charge is 2.24. The molecule has 0 spiro atoms. The number of nitrogens with zero attached hydrogens (tertiary/aromatic N) is 2. The molecule has 1 aliphatic heterocycles. The molecule has 1 aromatic heterocycles. The summed E-state index contributed by atoms with van der Waals surface area (Å²) in [4.78, 5) is 23.5. The normalized spacial score (nSPS) is 14.2. The number of carbonyl (C=O) groups is 2. The van der Waals surface area contributed by atoms with E-state index in [2.05, 4.69) is 15.7 Å². The maximum absolute atomic E-state index is 13.7. The van der Waals surface area contributed by atoms with E-state index in [-0.39, 0.29) is 17.4 Å². The molecular weight excluding hydrogens is 337 g/mol. The van der Waals surface area contributed by atoms with Crippen molar-refractivity contribution in [3.63, 3.8) is 0 Å². The molecular formula is C18H16FN5O2. The van der Waals surface area contributed by atoms with Crippen LogP contribution in [0.25, 0.3) is 16.6 Å². The van der Waals surface area contributed by atoms with Crippen LogP contribution in [0.3, 0.4) is 0 Å². The number of rotatable bonds is 4. The topological polar surface area (TPSA) is 102 Å². The van der Waals surface area contributed by atoms with Crippen LogP contribution in [-0.2, 0) is 4.79 Å². The van der Waals surface area contributed by atoms with E-state index in [1.54, 1.807) is 30.5 Å². The summed E-state index contributed by atoms with van der Waals surface area (Å²) in [6.07, 6.45) is 1.62. The Morgan fingerprint density at radius 3 is 2.58 bits per heavy atom. The lowest BCUT2D eigenvalue weighted by atomic mass is 10.0. The Morgan fingerprint density at radius 2 is 1.96 bits per heavy atom. The summed E-state index contributed by atoms with van der Waals surface area (Å²) in [5, 5.41) is 10.7. The lowest BCUT2D eigenvalue weighted by molar-refractivity contribution is -0.121. The minimum Gasteiger partial charge on any atom is -0.366 e. The number of nitrogens with two attached hydrogens (primary N) is 1. The van der Waals surface area contributed by atoms with Gasteiger partial charge in [-0.15, -0.1) is 0 Å². The van der Waals surface area contributed by atoms with Gasteiger partial charge in [0, 0.05) is 30.4 Å². The van der Waals surface area contributed by atoms with Crippen molar-refractivity contribution in [1.82, 2.24) is 15.1 Å². The number of primary amides is 1. The third-order valence-corrected chi connectivity index (χ3v) is 4.39. The second-order valence-corrected chi connectivity index (χ2v) is 6.22. The van der Waals surface area contributed by atoms with Crippen LogP contribution in [0.15, 0.2) is 42.6 Å². The summed E-state index contributed by atoms with van der Waals surface area (Å²) < 4.78 is 15.2. The van der Waals surface area contributed by atoms with E-state index in [0.717, 1.165) is 6.07 Å². The fourth-order valence-electron chi connectivity index (χ4n) is 2.83. The van der Waals surface area contributed by atoms with Gasteiger partial charge in [-0.3, -0.25) is 9.59 Å². The Labute approximate surface area is 148 Å². The Morgan fingerprint density at radius 1 is 1.23 bits per heavy atom. The number of fused-ring (bicyclic) bond motifs is 1. The molecule has 0 unspecified atom stereocenters. The smallest absolute Gasteiger partial charge is 0.251 e. The zero-order valence-corrected chi connectivity index (χ0v) is 13.7. The summed E-state index contributed by atoms with van der Waals surface area (Å²) in [7, 11) is 0. The van der Waals surface area contributed by atoms with Crippen molar-refractivity contribution < 1.29 is 14.0 Å². The monoisotopic (exact) mass is 353 g/mol. The van der Waals surface area contributed by atoms with Gasteiger partial charge >= 0.3 is 0 Å². The highest BCUT2D eigenvalue weighted by Crippen LogP contribution is 2.22. The summed E-state index contributed by atoms with van der Waals surface area (Å²) in [5.74, 6) is -1.28. The first-order valence-electron chi connectivity index (χ1n) is 8.12. The molecule has 4 rings (SSSR count). The Balaban J connectivity index is 1.62. The second-order valence-electron chi connectivity index (χ2n) is 6.22. The fraction of sp³-hybridized carbons (Fsp3) is 0.167. The highest BCUT2D eigenvalue weighted by molar-refractivity contribution is 6.04. The number of carbonyl (C=O) groups excluding carboxylic acids is 2. The van der Waals surface area contributed by atoms with Gasteiger partial charge in [-0.2, -0.15) is 5.10 Å². The minimum absolute atomic E-state index is 0.00760. The molecule has 2 amide bonds. The molecule has 0 bridgehead atoms. The standard InChI is InChI=1S/C18H16FN5O2/c19-12-5-10-9-24(23-16(10)15(6-12)17(20)25)14-3-1-13(2-4-14)22-18(26)11-7-21-8-11/h1-6,9,11,21H,7-8H2,(H2,20,25)(H,22,26). The molecule has 0 radical (unpaired) electrons. The predicted octanol–water partition coefficient (Wildman–Crippen LogP) is 1.42. The average molecular weight is 353 g/mol. The average Bonchev–Trinajstić information content (AvgIpc) is 2.96. The van der Waals surface area contributed by atoms with Crippen molar-refractivity contribution in [2.45, 2.75) is 0 Å². The van der Waals surface area contributed by atoms with Gasteiger partial charge in [0.05, 0.1) is 17.2 Å². The van der Waals surface area contributed by atoms with Gasteiger partial charge in [-0.05, 0) is 36.4 Å². The maximum atomic E-state index is 13.7. The SMILES string of the molecule is NC(=O)c1cc(F)cc2cn(-c3ccc(NC(=O)C4CNC4)cc3)nc12. The number of amides is 2. The number of nitrogens with one attached hydrogen (secondary N) is 2. The summed E-state index contributed by atoms with van der Waals surface area (Å²) in [5.41, 5.74) is 7.08. The van der Waals surface area contributed by atoms with Gasteiger partial charge in [-0.25, -0.2) is 9.07 Å². The number of halogens is 1. The maximum Gasteiger partial charge on any atom is 0.251 e. The Bertz CT molecular complexity index is 1010. The van der Waals surface area contributed by atoms with E-state index >= 15 is 0 Å². The third kappa shape index (κ3) is 2.91. The largest absolute Gasteiger partial charge is 0.366 e. The quantitative estimate of drug-likeness (QED) is 0.660. The first kappa shape index (κ1) is 16.2. The molecule has 4 N–H and O–H groups in total. The second kappa shape index (κ2) is 6.23. The third-order valence-electron chi connectivity index (χ3n) is 4.39. The molecule has 1 aliphatic rings. The van der Waals surface area contributed by atoms with Crippen LogP contribution in [0, 0.1) is 11.7 Å². The molecule has 2 heterocycles. The zero-order chi connectivity index (χ0) is 18.3. The molecule has 0 atom stereocenters.